The Kier molecular flexibility index (Phi) is 2.23. The molecule has 0 aromatic carbocycles. The van der Waals surface area contributed by atoms with E-state index in [1.165, 1.54) is 0 Å². The molecule has 0 aromatic rings. The molecule has 1 heterocycles. The van der Waals surface area contributed by atoms with Gasteiger partial charge >= 0.3 is 31.6 Å². The van der Waals surface area contributed by atoms with Crippen LogP contribution in [0.25, 0.3) is 0 Å². The first-order valence-corrected chi connectivity index (χ1v) is 4.71. The van der Waals surface area contributed by atoms with Crippen LogP contribution in [-0.4, -0.2) is 41.7 Å². The lowest BCUT2D eigenvalue weighted by atomic mass is 10.3. The Labute approximate surface area is 57.4 Å². The molecule has 9 heteroatoms. The number of rotatable bonds is 2. The van der Waals surface area contributed by atoms with Crippen molar-refractivity contribution in [3.8, 4) is 0 Å². The predicted octanol–water partition coefficient (Wildman–Crippen LogP) is -2.58. The van der Waals surface area contributed by atoms with Crippen LogP contribution < -0.4 is 0 Å². The van der Waals surface area contributed by atoms with Crippen molar-refractivity contribution in [3.05, 3.63) is 0 Å². The molecule has 0 bridgehead atoms. The summed E-state index contributed by atoms with van der Waals surface area (Å²) in [5.41, 5.74) is 0. The Morgan fingerprint density at radius 1 is 1.56 bits per heavy atom. The summed E-state index contributed by atoms with van der Waals surface area (Å²) in [6.45, 7) is 0. The molecule has 0 saturated carbocycles. The molecule has 2 N–H and O–H groups in total. The van der Waals surface area contributed by atoms with Gasteiger partial charge in [-0.1, -0.05) is 0 Å². The molecule has 1 aliphatic heterocycles. The van der Waals surface area contributed by atoms with Gasteiger partial charge in [-0.25, -0.2) is 0 Å². The van der Waals surface area contributed by atoms with Gasteiger partial charge in [-0.05, 0) is 0 Å². The Balaban J connectivity index is 2.11. The molecule has 0 atom stereocenters. The van der Waals surface area contributed by atoms with Crippen LogP contribution in [0.1, 0.15) is 0 Å². The largest absolute Gasteiger partial charge is 1.06 e. The molecule has 1 fully saturated rings. The first-order chi connectivity index (χ1) is 4.18. The van der Waals surface area contributed by atoms with Gasteiger partial charge in [0.25, 0.3) is 0 Å². The topological polar surface area (TPSA) is 85.2 Å². The van der Waals surface area contributed by atoms with Crippen molar-refractivity contribution in [3.63, 3.8) is 0 Å². The van der Waals surface area contributed by atoms with Crippen LogP contribution in [0.2, 0.25) is 0 Å². The Morgan fingerprint density at radius 2 is 2.11 bits per heavy atom. The van der Waals surface area contributed by atoms with Gasteiger partial charge in [0, 0.05) is 0 Å². The van der Waals surface area contributed by atoms with Gasteiger partial charge in [-0.15, -0.1) is 0 Å². The smallest absolute Gasteiger partial charge is 0.601 e. The summed E-state index contributed by atoms with van der Waals surface area (Å²) < 4.78 is 23.0. The molecule has 0 aromatic heterocycles. The lowest BCUT2D eigenvalue weighted by Gasteiger charge is -2.20. The zero-order valence-electron chi connectivity index (χ0n) is 4.18. The second-order valence-electron chi connectivity index (χ2n) is 1.24. The van der Waals surface area contributed by atoms with E-state index in [2.05, 4.69) is 10.7 Å². The fraction of sp³-hybridized carbons (Fsp3) is 0. The van der Waals surface area contributed by atoms with E-state index in [9.17, 15) is 4.46 Å². The maximum atomic E-state index is 10.0. The van der Waals surface area contributed by atoms with Gasteiger partial charge in [-0.2, -0.15) is 0 Å². The highest BCUT2D eigenvalue weighted by atomic mass is 28.3. The van der Waals surface area contributed by atoms with Crippen LogP contribution in [0.3, 0.4) is 0 Å². The van der Waals surface area contributed by atoms with Crippen molar-refractivity contribution in [1.29, 1.82) is 0 Å². The van der Waals surface area contributed by atoms with Crippen molar-refractivity contribution in [2.45, 2.75) is 0 Å². The SMILES string of the molecule is O=[Si]1[O][Al]([O]B(O)O)[O]1. The van der Waals surface area contributed by atoms with E-state index < -0.39 is 31.6 Å². The van der Waals surface area contributed by atoms with E-state index in [-0.39, 0.29) is 0 Å². The molecule has 0 spiro atoms. The Morgan fingerprint density at radius 3 is 2.44 bits per heavy atom. The Hall–Kier alpha value is 0.0943. The van der Waals surface area contributed by atoms with Gasteiger partial charge in [0.15, 0.2) is 0 Å². The van der Waals surface area contributed by atoms with Crippen molar-refractivity contribution in [1.82, 2.24) is 0 Å². The van der Waals surface area contributed by atoms with E-state index in [1.54, 1.807) is 0 Å². The van der Waals surface area contributed by atoms with E-state index in [1.807, 2.05) is 0 Å². The summed E-state index contributed by atoms with van der Waals surface area (Å²) in [7, 11) is -4.21. The quantitative estimate of drug-likeness (QED) is 0.436. The molecule has 0 amide bonds. The van der Waals surface area contributed by atoms with Gasteiger partial charge in [0.2, 0.25) is 0 Å². The Bertz CT molecular complexity index is 116. The van der Waals surface area contributed by atoms with Gasteiger partial charge in [0.05, 0.1) is 0 Å². The molecule has 0 unspecified atom stereocenters. The summed E-state index contributed by atoms with van der Waals surface area (Å²) in [5, 5.41) is 16.2. The molecular weight excluding hydrogens is 162 g/mol. The molecule has 48 valence electrons. The van der Waals surface area contributed by atoms with Crippen LogP contribution in [-0.2, 0) is 15.1 Å². The first-order valence-electron chi connectivity index (χ1n) is 2.07. The second kappa shape index (κ2) is 2.79. The molecular formula is H2AlBO6Si. The summed E-state index contributed by atoms with van der Waals surface area (Å²) in [5.74, 6) is 0. The van der Waals surface area contributed by atoms with Crippen LogP contribution in [0.15, 0.2) is 0 Å². The molecule has 1 saturated heterocycles. The number of hydrogen-bond donors (Lipinski definition) is 2. The average molecular weight is 164 g/mol. The normalized spacial score (nSPS) is 15.8. The fourth-order valence-corrected chi connectivity index (χ4v) is 2.29. The summed E-state index contributed by atoms with van der Waals surface area (Å²) in [4.78, 5) is 0. The highest BCUT2D eigenvalue weighted by Gasteiger charge is 2.55. The van der Waals surface area contributed by atoms with E-state index in [4.69, 9.17) is 10.0 Å². The van der Waals surface area contributed by atoms with E-state index >= 15 is 0 Å². The first kappa shape index (κ1) is 7.20. The zero-order chi connectivity index (χ0) is 6.85. The molecule has 0 aliphatic carbocycles. The molecule has 1 rings (SSSR count). The van der Waals surface area contributed by atoms with Crippen LogP contribution in [0, 0.1) is 0 Å². The molecule has 0 radical (unpaired) electrons. The van der Waals surface area contributed by atoms with Gasteiger partial charge in [0.1, 0.15) is 0 Å². The second-order valence-corrected chi connectivity index (χ2v) is 4.47. The van der Waals surface area contributed by atoms with E-state index in [0.29, 0.717) is 0 Å². The minimum atomic E-state index is -2.38. The minimum Gasteiger partial charge on any atom is -0.601 e. The summed E-state index contributed by atoms with van der Waals surface area (Å²) in [6, 6.07) is 0. The van der Waals surface area contributed by atoms with Gasteiger partial charge in [-0.3, -0.25) is 4.46 Å². The summed E-state index contributed by atoms with van der Waals surface area (Å²) in [6.07, 6.45) is 0. The van der Waals surface area contributed by atoms with Crippen molar-refractivity contribution < 1.29 is 25.2 Å². The van der Waals surface area contributed by atoms with Crippen LogP contribution in [0.4, 0.5) is 0 Å². The molecule has 6 nitrogen and oxygen atoms in total. The third-order valence-electron chi connectivity index (χ3n) is 0.618. The molecule has 1 aliphatic rings. The summed E-state index contributed by atoms with van der Waals surface area (Å²) >= 11 is -2.38. The highest BCUT2D eigenvalue weighted by molar-refractivity contribution is 6.66. The lowest BCUT2D eigenvalue weighted by molar-refractivity contribution is 0.144. The predicted molar refractivity (Wildman–Crippen MR) is 25.6 cm³/mol. The maximum Gasteiger partial charge on any atom is 1.06 e. The van der Waals surface area contributed by atoms with Crippen molar-refractivity contribution >= 4 is 31.6 Å². The van der Waals surface area contributed by atoms with Gasteiger partial charge < -0.3 is 20.7 Å². The standard InChI is InChI=1S/Al.BH2O3.O3Si/c;2-1(3)4;1-4(2)3/h;2-3H;/q+3;-1;-2. The third kappa shape index (κ3) is 2.06. The fourth-order valence-electron chi connectivity index (χ4n) is 0.321. The van der Waals surface area contributed by atoms with Crippen molar-refractivity contribution in [2.24, 2.45) is 0 Å². The third-order valence-corrected chi connectivity index (χ3v) is 4.16. The van der Waals surface area contributed by atoms with Crippen molar-refractivity contribution in [2.75, 3.05) is 0 Å². The van der Waals surface area contributed by atoms with Crippen LogP contribution >= 0.6 is 0 Å². The highest BCUT2D eigenvalue weighted by Crippen LogP contribution is 2.03. The maximum absolute atomic E-state index is 10.0. The molecule has 9 heavy (non-hydrogen) atoms. The number of hydrogen-bond acceptors (Lipinski definition) is 6. The van der Waals surface area contributed by atoms with E-state index in [0.717, 1.165) is 0 Å². The van der Waals surface area contributed by atoms with Crippen LogP contribution in [0.5, 0.6) is 0 Å². The monoisotopic (exact) mass is 164 g/mol. The zero-order valence-corrected chi connectivity index (χ0v) is 6.34. The minimum absolute atomic E-state index is 1.89. The average Bonchev–Trinajstić information content (AvgIpc) is 1.60. The lowest BCUT2D eigenvalue weighted by Crippen LogP contribution is -2.48.